The number of rotatable bonds is 5. The van der Waals surface area contributed by atoms with Gasteiger partial charge in [-0.15, -0.1) is 0 Å². The molecule has 27 heavy (non-hydrogen) atoms. The second-order valence-corrected chi connectivity index (χ2v) is 6.83. The lowest BCUT2D eigenvalue weighted by atomic mass is 10.1. The largest absolute Gasteiger partial charge is 0.393 e. The number of fused-ring (bicyclic) bond motifs is 1. The lowest BCUT2D eigenvalue weighted by molar-refractivity contribution is 0.178. The third kappa shape index (κ3) is 3.36. The van der Waals surface area contributed by atoms with Crippen LogP contribution in [0.4, 0.5) is 4.39 Å². The lowest BCUT2D eigenvalue weighted by Crippen LogP contribution is -2.07. The molecule has 1 N–H and O–H groups in total. The van der Waals surface area contributed by atoms with Crippen LogP contribution in [0.2, 0.25) is 0 Å². The Morgan fingerprint density at radius 2 is 1.81 bits per heavy atom. The molecule has 0 saturated heterocycles. The molecule has 1 unspecified atom stereocenters. The van der Waals surface area contributed by atoms with E-state index in [2.05, 4.69) is 9.97 Å². The number of halogens is 1. The van der Waals surface area contributed by atoms with Crippen molar-refractivity contribution in [2.75, 3.05) is 0 Å². The Hall–Kier alpha value is -2.99. The van der Waals surface area contributed by atoms with E-state index in [1.165, 1.54) is 12.1 Å². The van der Waals surface area contributed by atoms with Gasteiger partial charge in [-0.3, -0.25) is 0 Å². The van der Waals surface area contributed by atoms with Crippen LogP contribution >= 0.6 is 0 Å². The van der Waals surface area contributed by atoms with Crippen molar-refractivity contribution >= 4 is 5.65 Å². The summed E-state index contributed by atoms with van der Waals surface area (Å²) in [4.78, 5) is 8.97. The molecule has 0 aliphatic carbocycles. The predicted octanol–water partition coefficient (Wildman–Crippen LogP) is 4.08. The number of aliphatic hydroxyl groups is 1. The van der Waals surface area contributed by atoms with E-state index in [-0.39, 0.29) is 5.82 Å². The first-order chi connectivity index (χ1) is 13.0. The van der Waals surface area contributed by atoms with Crippen LogP contribution in [0.5, 0.6) is 0 Å². The van der Waals surface area contributed by atoms with Gasteiger partial charge in [0.1, 0.15) is 11.5 Å². The van der Waals surface area contributed by atoms with E-state index in [4.69, 9.17) is 0 Å². The van der Waals surface area contributed by atoms with Crippen LogP contribution in [0.15, 0.2) is 55.1 Å². The first kappa shape index (κ1) is 17.4. The number of aromatic nitrogens is 4. The topological polar surface area (TPSA) is 55.3 Å². The van der Waals surface area contributed by atoms with Crippen LogP contribution in [0.1, 0.15) is 19.0 Å². The zero-order valence-corrected chi connectivity index (χ0v) is 15.3. The average molecular weight is 364 g/mol. The van der Waals surface area contributed by atoms with Crippen LogP contribution in [-0.2, 0) is 6.54 Å². The predicted molar refractivity (Wildman–Crippen MR) is 103 cm³/mol. The summed E-state index contributed by atoms with van der Waals surface area (Å²) in [5, 5.41) is 9.69. The fourth-order valence-electron chi connectivity index (χ4n) is 3.24. The quantitative estimate of drug-likeness (QED) is 0.580. The molecule has 6 heteroatoms. The molecule has 138 valence electrons. The average Bonchev–Trinajstić information content (AvgIpc) is 3.24. The van der Waals surface area contributed by atoms with Crippen molar-refractivity contribution in [1.82, 2.24) is 18.9 Å². The fourth-order valence-corrected chi connectivity index (χ4v) is 3.24. The summed E-state index contributed by atoms with van der Waals surface area (Å²) in [6.45, 7) is 4.43. The van der Waals surface area contributed by atoms with Crippen molar-refractivity contribution in [3.63, 3.8) is 0 Å². The molecule has 0 bridgehead atoms. The van der Waals surface area contributed by atoms with E-state index in [1.54, 1.807) is 25.4 Å². The van der Waals surface area contributed by atoms with Gasteiger partial charge in [-0.05, 0) is 56.7 Å². The zero-order chi connectivity index (χ0) is 19.0. The summed E-state index contributed by atoms with van der Waals surface area (Å²) in [6.07, 6.45) is 5.89. The lowest BCUT2D eigenvalue weighted by Gasteiger charge is -2.12. The molecule has 4 rings (SSSR count). The molecule has 0 saturated carbocycles. The monoisotopic (exact) mass is 364 g/mol. The van der Waals surface area contributed by atoms with E-state index in [9.17, 15) is 9.50 Å². The van der Waals surface area contributed by atoms with Gasteiger partial charge in [0, 0.05) is 35.8 Å². The molecule has 4 aromatic rings. The molecule has 0 spiro atoms. The maximum Gasteiger partial charge on any atom is 0.136 e. The van der Waals surface area contributed by atoms with Gasteiger partial charge in [-0.25, -0.2) is 14.4 Å². The van der Waals surface area contributed by atoms with Gasteiger partial charge in [0.05, 0.1) is 23.8 Å². The van der Waals surface area contributed by atoms with Gasteiger partial charge in [-0.2, -0.15) is 0 Å². The first-order valence-electron chi connectivity index (χ1n) is 8.96. The molecule has 0 fully saturated rings. The smallest absolute Gasteiger partial charge is 0.136 e. The summed E-state index contributed by atoms with van der Waals surface area (Å²) < 4.78 is 17.4. The third-order valence-electron chi connectivity index (χ3n) is 4.71. The van der Waals surface area contributed by atoms with Crippen molar-refractivity contribution in [2.45, 2.75) is 32.9 Å². The Labute approximate surface area is 156 Å². The van der Waals surface area contributed by atoms with E-state index in [1.807, 2.05) is 40.4 Å². The van der Waals surface area contributed by atoms with Crippen molar-refractivity contribution in [3.8, 4) is 22.5 Å². The minimum Gasteiger partial charge on any atom is -0.393 e. The Bertz CT molecular complexity index is 1080. The summed E-state index contributed by atoms with van der Waals surface area (Å²) in [6, 6.07) is 10.4. The van der Waals surface area contributed by atoms with Gasteiger partial charge in [0.2, 0.25) is 0 Å². The van der Waals surface area contributed by atoms with Gasteiger partial charge >= 0.3 is 0 Å². The number of hydrogen-bond donors (Lipinski definition) is 1. The highest BCUT2D eigenvalue weighted by atomic mass is 19.1. The minimum absolute atomic E-state index is 0.274. The van der Waals surface area contributed by atoms with Gasteiger partial charge < -0.3 is 14.1 Å². The number of benzene rings is 1. The molecule has 3 aromatic heterocycles. The molecule has 1 aromatic carbocycles. The van der Waals surface area contributed by atoms with Gasteiger partial charge in [0.25, 0.3) is 0 Å². The number of pyridine rings is 1. The number of hydrogen-bond acceptors (Lipinski definition) is 3. The second-order valence-electron chi connectivity index (χ2n) is 6.83. The minimum atomic E-state index is -0.395. The molecule has 5 nitrogen and oxygen atoms in total. The van der Waals surface area contributed by atoms with Crippen LogP contribution in [0, 0.1) is 12.7 Å². The third-order valence-corrected chi connectivity index (χ3v) is 4.71. The summed E-state index contributed by atoms with van der Waals surface area (Å²) in [7, 11) is 0. The van der Waals surface area contributed by atoms with Crippen LogP contribution in [-0.4, -0.2) is 30.1 Å². The highest BCUT2D eigenvalue weighted by Gasteiger charge is 2.16. The van der Waals surface area contributed by atoms with E-state index in [0.717, 1.165) is 33.9 Å². The molecule has 0 radical (unpaired) electrons. The Morgan fingerprint density at radius 1 is 1.07 bits per heavy atom. The van der Waals surface area contributed by atoms with Gasteiger partial charge in [0.15, 0.2) is 0 Å². The van der Waals surface area contributed by atoms with Crippen LogP contribution in [0.25, 0.3) is 28.2 Å². The molecule has 0 aliphatic heterocycles. The van der Waals surface area contributed by atoms with Crippen molar-refractivity contribution in [1.29, 1.82) is 0 Å². The molecule has 3 heterocycles. The Morgan fingerprint density at radius 3 is 2.56 bits per heavy atom. The van der Waals surface area contributed by atoms with Crippen molar-refractivity contribution in [3.05, 3.63) is 66.6 Å². The normalized spacial score (nSPS) is 12.6. The molecular weight excluding hydrogens is 343 g/mol. The summed E-state index contributed by atoms with van der Waals surface area (Å²) in [5.41, 5.74) is 5.51. The van der Waals surface area contributed by atoms with Crippen LogP contribution in [0.3, 0.4) is 0 Å². The second kappa shape index (κ2) is 6.96. The molecule has 1 atom stereocenters. The molecule has 0 amide bonds. The van der Waals surface area contributed by atoms with Crippen molar-refractivity contribution < 1.29 is 9.50 Å². The van der Waals surface area contributed by atoms with Crippen molar-refractivity contribution in [2.24, 2.45) is 0 Å². The van der Waals surface area contributed by atoms with E-state index < -0.39 is 6.10 Å². The summed E-state index contributed by atoms with van der Waals surface area (Å²) in [5.74, 6) is -0.274. The maximum atomic E-state index is 13.4. The highest BCUT2D eigenvalue weighted by molar-refractivity contribution is 5.78. The Balaban J connectivity index is 1.87. The SMILES string of the molecule is Cc1cnc2ccc(-c3c(-c4ccc(F)cc4)ncn3CCC(C)O)cn12. The first-order valence-corrected chi connectivity index (χ1v) is 8.96. The zero-order valence-electron chi connectivity index (χ0n) is 15.3. The molecular formula is C21H21FN4O. The fraction of sp³-hybridized carbons (Fsp3) is 0.238. The van der Waals surface area contributed by atoms with Crippen LogP contribution < -0.4 is 0 Å². The Kier molecular flexibility index (Phi) is 4.49. The molecule has 0 aliphatic rings. The standard InChI is InChI=1S/C21H21FN4O/c1-14-11-23-19-8-5-17(12-26(14)19)21-20(16-3-6-18(22)7-4-16)24-13-25(21)10-9-15(2)27/h3-8,11-13,15,27H,9-10H2,1-2H3. The van der Waals surface area contributed by atoms with Gasteiger partial charge in [-0.1, -0.05) is 0 Å². The number of aryl methyl sites for hydroxylation is 2. The van der Waals surface area contributed by atoms with E-state index in [0.29, 0.717) is 13.0 Å². The maximum absolute atomic E-state index is 13.4. The number of nitrogens with zero attached hydrogens (tertiary/aromatic N) is 4. The summed E-state index contributed by atoms with van der Waals surface area (Å²) >= 11 is 0. The van der Waals surface area contributed by atoms with E-state index >= 15 is 0 Å². The highest BCUT2D eigenvalue weighted by Crippen LogP contribution is 2.32. The number of aliphatic hydroxyl groups excluding tert-OH is 1. The number of imidazole rings is 2.